The second-order valence-corrected chi connectivity index (χ2v) is 1.26. The van der Waals surface area contributed by atoms with Gasteiger partial charge in [-0.05, 0) is 0 Å². The summed E-state index contributed by atoms with van der Waals surface area (Å²) in [4.78, 5) is 0. The van der Waals surface area contributed by atoms with E-state index in [-0.39, 0.29) is 0 Å². The monoisotopic (exact) mass is 116 g/mol. The molecule has 0 amide bonds. The zero-order valence-electron chi connectivity index (χ0n) is 4.27. The fourth-order valence-electron chi connectivity index (χ4n) is 0.179. The number of thiol groups is 1. The molecular formula is C5H8OS. The molecule has 0 aromatic rings. The highest BCUT2D eigenvalue weighted by Crippen LogP contribution is 1.66. The molecule has 40 valence electrons. The minimum atomic E-state index is 0.514. The molecular weight excluding hydrogens is 108 g/mol. The van der Waals surface area contributed by atoms with Crippen LogP contribution in [-0.2, 0) is 4.74 Å². The lowest BCUT2D eigenvalue weighted by Crippen LogP contribution is -1.80. The van der Waals surface area contributed by atoms with Crippen molar-refractivity contribution in [2.75, 3.05) is 19.5 Å². The summed E-state index contributed by atoms with van der Waals surface area (Å²) in [6.07, 6.45) is 0. The van der Waals surface area contributed by atoms with Crippen molar-refractivity contribution in [3.8, 4) is 11.8 Å². The standard InChI is InChI=1S/C5H8OS/c1-6-4-2-3-5-7/h7H,4-5H2,1H3. The van der Waals surface area contributed by atoms with E-state index in [1.54, 1.807) is 7.11 Å². The van der Waals surface area contributed by atoms with Crippen molar-refractivity contribution in [2.45, 2.75) is 0 Å². The van der Waals surface area contributed by atoms with Gasteiger partial charge >= 0.3 is 0 Å². The molecule has 0 atom stereocenters. The van der Waals surface area contributed by atoms with E-state index >= 15 is 0 Å². The Morgan fingerprint density at radius 3 is 2.71 bits per heavy atom. The summed E-state index contributed by atoms with van der Waals surface area (Å²) in [5.74, 6) is 6.09. The third kappa shape index (κ3) is 5.87. The molecule has 0 aromatic carbocycles. The van der Waals surface area contributed by atoms with Crippen molar-refractivity contribution in [2.24, 2.45) is 0 Å². The number of hydrogen-bond acceptors (Lipinski definition) is 2. The smallest absolute Gasteiger partial charge is 0.107 e. The van der Waals surface area contributed by atoms with Gasteiger partial charge in [-0.25, -0.2) is 0 Å². The van der Waals surface area contributed by atoms with Crippen LogP contribution in [0.2, 0.25) is 0 Å². The molecule has 0 fully saturated rings. The largest absolute Gasteiger partial charge is 0.372 e. The summed E-state index contributed by atoms with van der Waals surface area (Å²) < 4.78 is 4.64. The maximum Gasteiger partial charge on any atom is 0.107 e. The van der Waals surface area contributed by atoms with Gasteiger partial charge in [-0.3, -0.25) is 0 Å². The maximum atomic E-state index is 4.64. The van der Waals surface area contributed by atoms with Crippen LogP contribution < -0.4 is 0 Å². The first kappa shape index (κ1) is 6.87. The molecule has 1 nitrogen and oxygen atoms in total. The molecule has 0 aliphatic heterocycles. The van der Waals surface area contributed by atoms with Gasteiger partial charge in [-0.15, -0.1) is 0 Å². The molecule has 0 aromatic heterocycles. The minimum Gasteiger partial charge on any atom is -0.372 e. The third-order valence-electron chi connectivity index (χ3n) is 0.421. The predicted octanol–water partition coefficient (Wildman–Crippen LogP) is 0.566. The lowest BCUT2D eigenvalue weighted by Gasteiger charge is -1.79. The molecule has 0 bridgehead atoms. The van der Waals surface area contributed by atoms with Crippen LogP contribution in [0.3, 0.4) is 0 Å². The first-order valence-electron chi connectivity index (χ1n) is 1.97. The number of rotatable bonds is 1. The molecule has 0 N–H and O–H groups in total. The van der Waals surface area contributed by atoms with E-state index in [2.05, 4.69) is 29.2 Å². The summed E-state index contributed by atoms with van der Waals surface area (Å²) in [6, 6.07) is 0. The fourth-order valence-corrected chi connectivity index (χ4v) is 0.291. The van der Waals surface area contributed by atoms with Crippen molar-refractivity contribution in [1.29, 1.82) is 0 Å². The normalized spacial score (nSPS) is 7.14. The van der Waals surface area contributed by atoms with Gasteiger partial charge in [0.15, 0.2) is 0 Å². The predicted molar refractivity (Wildman–Crippen MR) is 33.5 cm³/mol. The van der Waals surface area contributed by atoms with Crippen LogP contribution in [0.5, 0.6) is 0 Å². The summed E-state index contributed by atoms with van der Waals surface area (Å²) in [5, 5.41) is 0. The zero-order chi connectivity index (χ0) is 5.54. The van der Waals surface area contributed by atoms with E-state index in [1.807, 2.05) is 0 Å². The Balaban J connectivity index is 2.91. The summed E-state index contributed by atoms with van der Waals surface area (Å²) in [5.41, 5.74) is 0. The van der Waals surface area contributed by atoms with E-state index in [4.69, 9.17) is 0 Å². The van der Waals surface area contributed by atoms with E-state index in [1.165, 1.54) is 0 Å². The van der Waals surface area contributed by atoms with Crippen molar-refractivity contribution >= 4 is 12.6 Å². The molecule has 0 spiro atoms. The second-order valence-electron chi connectivity index (χ2n) is 0.945. The van der Waals surface area contributed by atoms with Crippen LogP contribution in [-0.4, -0.2) is 19.5 Å². The molecule has 0 aliphatic rings. The topological polar surface area (TPSA) is 9.23 Å². The van der Waals surface area contributed by atoms with Crippen LogP contribution in [0.4, 0.5) is 0 Å². The van der Waals surface area contributed by atoms with Crippen molar-refractivity contribution < 1.29 is 4.74 Å². The SMILES string of the molecule is COCC#CCS. The number of methoxy groups -OCH3 is 1. The van der Waals surface area contributed by atoms with Crippen LogP contribution in [0.25, 0.3) is 0 Å². The van der Waals surface area contributed by atoms with Gasteiger partial charge in [0.1, 0.15) is 6.61 Å². The highest BCUT2D eigenvalue weighted by atomic mass is 32.1. The number of hydrogen-bond donors (Lipinski definition) is 1. The highest BCUT2D eigenvalue weighted by Gasteiger charge is 1.63. The van der Waals surface area contributed by atoms with E-state index in [0.717, 1.165) is 0 Å². The van der Waals surface area contributed by atoms with Gasteiger partial charge in [-0.2, -0.15) is 12.6 Å². The highest BCUT2D eigenvalue weighted by molar-refractivity contribution is 7.80. The van der Waals surface area contributed by atoms with E-state index in [9.17, 15) is 0 Å². The molecule has 0 radical (unpaired) electrons. The van der Waals surface area contributed by atoms with Crippen molar-refractivity contribution in [1.82, 2.24) is 0 Å². The van der Waals surface area contributed by atoms with Crippen molar-refractivity contribution in [3.63, 3.8) is 0 Å². The average Bonchev–Trinajstić information content (AvgIpc) is 1.69. The van der Waals surface area contributed by atoms with Crippen LogP contribution in [0.1, 0.15) is 0 Å². The van der Waals surface area contributed by atoms with Crippen LogP contribution in [0.15, 0.2) is 0 Å². The Morgan fingerprint density at radius 1 is 1.57 bits per heavy atom. The molecule has 7 heavy (non-hydrogen) atoms. The van der Waals surface area contributed by atoms with Gasteiger partial charge in [0.2, 0.25) is 0 Å². The first-order chi connectivity index (χ1) is 3.41. The maximum absolute atomic E-state index is 4.64. The second kappa shape index (κ2) is 5.87. The average molecular weight is 116 g/mol. The van der Waals surface area contributed by atoms with Gasteiger partial charge in [-0.1, -0.05) is 11.8 Å². The van der Waals surface area contributed by atoms with Crippen molar-refractivity contribution in [3.05, 3.63) is 0 Å². The summed E-state index contributed by atoms with van der Waals surface area (Å²) in [7, 11) is 1.62. The molecule has 0 aliphatic carbocycles. The quantitative estimate of drug-likeness (QED) is 0.389. The van der Waals surface area contributed by atoms with Gasteiger partial charge < -0.3 is 4.74 Å². The lowest BCUT2D eigenvalue weighted by molar-refractivity contribution is 0.240. The molecule has 0 unspecified atom stereocenters. The molecule has 0 saturated carbocycles. The van der Waals surface area contributed by atoms with Crippen LogP contribution >= 0.6 is 12.6 Å². The lowest BCUT2D eigenvalue weighted by atomic mass is 10.6. The van der Waals surface area contributed by atoms with Gasteiger partial charge in [0.05, 0.1) is 5.75 Å². The molecule has 2 heteroatoms. The molecule has 0 heterocycles. The van der Waals surface area contributed by atoms with E-state index in [0.29, 0.717) is 12.4 Å². The third-order valence-corrected chi connectivity index (χ3v) is 0.579. The summed E-state index contributed by atoms with van der Waals surface area (Å²) >= 11 is 3.86. The Morgan fingerprint density at radius 2 is 2.29 bits per heavy atom. The van der Waals surface area contributed by atoms with Gasteiger partial charge in [0.25, 0.3) is 0 Å². The minimum absolute atomic E-state index is 0.514. The van der Waals surface area contributed by atoms with Gasteiger partial charge in [0, 0.05) is 7.11 Å². The van der Waals surface area contributed by atoms with Crippen LogP contribution in [0, 0.1) is 11.8 Å². The Kier molecular flexibility index (Phi) is 5.76. The van der Waals surface area contributed by atoms with E-state index < -0.39 is 0 Å². The Bertz CT molecular complexity index is 79.8. The number of ether oxygens (including phenoxy) is 1. The summed E-state index contributed by atoms with van der Waals surface area (Å²) in [6.45, 7) is 0.514. The molecule has 0 saturated heterocycles. The first-order valence-corrected chi connectivity index (χ1v) is 2.60. The fraction of sp³-hybridized carbons (Fsp3) is 0.600. The molecule has 0 rings (SSSR count). The Labute approximate surface area is 49.5 Å². The zero-order valence-corrected chi connectivity index (χ0v) is 5.16. The Hall–Kier alpha value is -0.130.